The van der Waals surface area contributed by atoms with E-state index in [1.54, 1.807) is 18.2 Å². The zero-order valence-electron chi connectivity index (χ0n) is 18.6. The van der Waals surface area contributed by atoms with Crippen molar-refractivity contribution in [1.29, 1.82) is 0 Å². The lowest BCUT2D eigenvalue weighted by molar-refractivity contribution is -0.127. The van der Waals surface area contributed by atoms with Gasteiger partial charge < -0.3 is 10.1 Å². The molecule has 190 valence electrons. The van der Waals surface area contributed by atoms with Crippen LogP contribution in [0.25, 0.3) is 6.08 Å². The number of nitrogens with one attached hydrogen (secondary N) is 1. The van der Waals surface area contributed by atoms with E-state index in [9.17, 15) is 18.8 Å². The Hall–Kier alpha value is -2.75. The van der Waals surface area contributed by atoms with Gasteiger partial charge in [-0.2, -0.15) is 0 Å². The summed E-state index contributed by atoms with van der Waals surface area (Å²) in [6.45, 7) is -0.364. The molecule has 1 saturated heterocycles. The highest BCUT2D eigenvalue weighted by Gasteiger charge is 2.36. The average Bonchev–Trinajstić information content (AvgIpc) is 3.09. The van der Waals surface area contributed by atoms with Crippen molar-refractivity contribution in [3.05, 3.63) is 96.5 Å². The molecule has 0 spiro atoms. The van der Waals surface area contributed by atoms with Crippen molar-refractivity contribution in [2.75, 3.05) is 11.9 Å². The molecule has 3 aromatic rings. The van der Waals surface area contributed by atoms with Gasteiger partial charge in [-0.1, -0.05) is 52.5 Å². The maximum absolute atomic E-state index is 13.0. The van der Waals surface area contributed by atoms with Gasteiger partial charge in [0, 0.05) is 5.69 Å². The van der Waals surface area contributed by atoms with Crippen molar-refractivity contribution in [2.24, 2.45) is 0 Å². The van der Waals surface area contributed by atoms with Crippen molar-refractivity contribution in [3.8, 4) is 5.75 Å². The number of rotatable bonds is 7. The first-order valence-electron chi connectivity index (χ1n) is 10.5. The van der Waals surface area contributed by atoms with E-state index in [-0.39, 0.29) is 27.3 Å². The van der Waals surface area contributed by atoms with Crippen LogP contribution in [0.5, 0.6) is 5.75 Å². The molecule has 3 aromatic carbocycles. The summed E-state index contributed by atoms with van der Waals surface area (Å²) in [4.78, 5) is 38.4. The summed E-state index contributed by atoms with van der Waals surface area (Å²) in [5.74, 6) is -1.47. The second-order valence-corrected chi connectivity index (χ2v) is 10.3. The van der Waals surface area contributed by atoms with Crippen molar-refractivity contribution in [3.63, 3.8) is 0 Å². The Balaban J connectivity index is 1.43. The molecule has 0 unspecified atom stereocenters. The number of thioether (sulfide) groups is 1. The highest BCUT2D eigenvalue weighted by Crippen LogP contribution is 2.38. The molecule has 0 aliphatic carbocycles. The fourth-order valence-electron chi connectivity index (χ4n) is 3.25. The SMILES string of the molecule is O=C(CN1C(=O)S/C(=C\c2cc(Cl)c(OCc3ccc(Cl)c(Cl)c3)c(Cl)c2)C1=O)Nc1ccc(F)cc1. The molecule has 1 aliphatic rings. The molecule has 1 aliphatic heterocycles. The third-order valence-electron chi connectivity index (χ3n) is 4.99. The summed E-state index contributed by atoms with van der Waals surface area (Å²) >= 11 is 25.4. The maximum Gasteiger partial charge on any atom is 0.294 e. The average molecular weight is 600 g/mol. The number of carbonyl (C=O) groups excluding carboxylic acids is 3. The van der Waals surface area contributed by atoms with Crippen molar-refractivity contribution in [2.45, 2.75) is 6.61 Å². The van der Waals surface area contributed by atoms with E-state index in [0.717, 1.165) is 10.5 Å². The molecular weight excluding hydrogens is 585 g/mol. The Kier molecular flexibility index (Phi) is 8.67. The zero-order chi connectivity index (χ0) is 26.7. The lowest BCUT2D eigenvalue weighted by Crippen LogP contribution is -2.36. The molecule has 0 atom stereocenters. The third kappa shape index (κ3) is 6.77. The van der Waals surface area contributed by atoms with Gasteiger partial charge in [0.25, 0.3) is 11.1 Å². The molecular formula is C25H15Cl4FN2O4S. The van der Waals surface area contributed by atoms with Crippen LogP contribution in [-0.4, -0.2) is 28.5 Å². The lowest BCUT2D eigenvalue weighted by atomic mass is 10.2. The van der Waals surface area contributed by atoms with E-state index >= 15 is 0 Å². The van der Waals surface area contributed by atoms with E-state index in [4.69, 9.17) is 51.1 Å². The van der Waals surface area contributed by atoms with Gasteiger partial charge in [0.2, 0.25) is 5.91 Å². The van der Waals surface area contributed by atoms with E-state index < -0.39 is 29.4 Å². The fraction of sp³-hybridized carbons (Fsp3) is 0.0800. The number of benzene rings is 3. The number of carbonyl (C=O) groups is 3. The Morgan fingerprint density at radius 2 is 1.62 bits per heavy atom. The van der Waals surface area contributed by atoms with Gasteiger partial charge in [-0.3, -0.25) is 19.3 Å². The van der Waals surface area contributed by atoms with E-state index in [0.29, 0.717) is 33.1 Å². The van der Waals surface area contributed by atoms with Crippen LogP contribution in [0.3, 0.4) is 0 Å². The first-order chi connectivity index (χ1) is 17.6. The van der Waals surface area contributed by atoms with Gasteiger partial charge in [0.15, 0.2) is 5.75 Å². The largest absolute Gasteiger partial charge is 0.486 e. The molecule has 1 fully saturated rings. The zero-order valence-corrected chi connectivity index (χ0v) is 22.4. The topological polar surface area (TPSA) is 75.7 Å². The minimum atomic E-state index is -0.642. The minimum absolute atomic E-state index is 0.0937. The van der Waals surface area contributed by atoms with Crippen LogP contribution in [0.2, 0.25) is 20.1 Å². The summed E-state index contributed by atoms with van der Waals surface area (Å²) in [7, 11) is 0. The molecule has 12 heteroatoms. The van der Waals surface area contributed by atoms with Gasteiger partial charge in [-0.05, 0) is 77.5 Å². The number of imide groups is 1. The Morgan fingerprint density at radius 3 is 2.27 bits per heavy atom. The van der Waals surface area contributed by atoms with Gasteiger partial charge in [0.1, 0.15) is 19.0 Å². The molecule has 0 aromatic heterocycles. The molecule has 6 nitrogen and oxygen atoms in total. The summed E-state index contributed by atoms with van der Waals surface area (Å²) in [6.07, 6.45) is 1.45. The normalized spacial score (nSPS) is 14.4. The molecule has 37 heavy (non-hydrogen) atoms. The molecule has 0 radical (unpaired) electrons. The van der Waals surface area contributed by atoms with Gasteiger partial charge in [-0.15, -0.1) is 0 Å². The quantitative estimate of drug-likeness (QED) is 0.282. The van der Waals surface area contributed by atoms with Crippen LogP contribution in [0, 0.1) is 5.82 Å². The Morgan fingerprint density at radius 1 is 0.946 bits per heavy atom. The summed E-state index contributed by atoms with van der Waals surface area (Å²) < 4.78 is 18.8. The fourth-order valence-corrected chi connectivity index (χ4v) is 5.02. The van der Waals surface area contributed by atoms with Crippen LogP contribution in [0.15, 0.2) is 59.5 Å². The predicted octanol–water partition coefficient (Wildman–Crippen LogP) is 7.69. The van der Waals surface area contributed by atoms with Crippen molar-refractivity contribution >= 4 is 87.0 Å². The summed E-state index contributed by atoms with van der Waals surface area (Å²) in [5, 5.41) is 3.09. The molecule has 0 saturated carbocycles. The number of hydrogen-bond acceptors (Lipinski definition) is 5. The Labute approximate surface area is 235 Å². The number of nitrogens with zero attached hydrogens (tertiary/aromatic N) is 1. The number of hydrogen-bond donors (Lipinski definition) is 1. The van der Waals surface area contributed by atoms with E-state index in [2.05, 4.69) is 5.32 Å². The Bertz CT molecular complexity index is 1410. The first-order valence-corrected chi connectivity index (χ1v) is 12.8. The predicted molar refractivity (Wildman–Crippen MR) is 145 cm³/mol. The molecule has 4 rings (SSSR count). The monoisotopic (exact) mass is 598 g/mol. The van der Waals surface area contributed by atoms with Gasteiger partial charge in [0.05, 0.1) is 25.0 Å². The van der Waals surface area contributed by atoms with E-state index in [1.165, 1.54) is 42.5 Å². The molecule has 1 heterocycles. The minimum Gasteiger partial charge on any atom is -0.486 e. The molecule has 0 bridgehead atoms. The first kappa shape index (κ1) is 27.3. The highest BCUT2D eigenvalue weighted by atomic mass is 35.5. The standard InChI is InChI=1S/C25H15Cl4FN2O4S/c26-17-6-1-13(7-18(17)27)12-36-23-19(28)8-14(9-20(23)29)10-21-24(34)32(25(35)37-21)11-22(33)31-16-4-2-15(30)3-5-16/h1-10H,11-12H2,(H,31,33)/b21-10-. The van der Waals surface area contributed by atoms with Crippen LogP contribution < -0.4 is 10.1 Å². The van der Waals surface area contributed by atoms with Gasteiger partial charge in [-0.25, -0.2) is 4.39 Å². The summed E-state index contributed by atoms with van der Waals surface area (Å²) in [5.41, 5.74) is 1.54. The second kappa shape index (κ2) is 11.8. The lowest BCUT2D eigenvalue weighted by Gasteiger charge is -2.12. The van der Waals surface area contributed by atoms with Crippen LogP contribution in [-0.2, 0) is 16.2 Å². The van der Waals surface area contributed by atoms with E-state index in [1.807, 2.05) is 0 Å². The van der Waals surface area contributed by atoms with Crippen LogP contribution in [0.1, 0.15) is 11.1 Å². The van der Waals surface area contributed by atoms with Crippen molar-refractivity contribution in [1.82, 2.24) is 4.90 Å². The van der Waals surface area contributed by atoms with Crippen LogP contribution in [0.4, 0.5) is 14.9 Å². The second-order valence-electron chi connectivity index (χ2n) is 7.67. The van der Waals surface area contributed by atoms with Gasteiger partial charge >= 0.3 is 0 Å². The number of halogens is 5. The smallest absolute Gasteiger partial charge is 0.294 e. The number of ether oxygens (including phenoxy) is 1. The molecule has 1 N–H and O–H groups in total. The maximum atomic E-state index is 13.0. The third-order valence-corrected chi connectivity index (χ3v) is 7.20. The summed E-state index contributed by atoms with van der Waals surface area (Å²) in [6, 6.07) is 13.2. The number of anilines is 1. The van der Waals surface area contributed by atoms with Crippen molar-refractivity contribution < 1.29 is 23.5 Å². The number of amides is 3. The molecule has 3 amide bonds. The highest BCUT2D eigenvalue weighted by molar-refractivity contribution is 8.18. The van der Waals surface area contributed by atoms with Crippen LogP contribution >= 0.6 is 58.2 Å².